The lowest BCUT2D eigenvalue weighted by Gasteiger charge is -2.12. The first-order valence-corrected chi connectivity index (χ1v) is 6.81. The molecule has 6 heteroatoms. The maximum atomic E-state index is 13.6. The van der Waals surface area contributed by atoms with Crippen molar-refractivity contribution in [1.82, 2.24) is 14.5 Å². The summed E-state index contributed by atoms with van der Waals surface area (Å²) in [4.78, 5) is 21.1. The van der Waals surface area contributed by atoms with Crippen LogP contribution in [0.5, 0.6) is 0 Å². The van der Waals surface area contributed by atoms with Crippen molar-refractivity contribution < 1.29 is 4.39 Å². The van der Waals surface area contributed by atoms with Crippen LogP contribution in [0, 0.1) is 5.82 Å². The zero-order chi connectivity index (χ0) is 15.0. The lowest BCUT2D eigenvalue weighted by Crippen LogP contribution is -2.24. The second-order valence-corrected chi connectivity index (χ2v) is 4.87. The van der Waals surface area contributed by atoms with E-state index in [1.54, 1.807) is 24.5 Å². The Morgan fingerprint density at radius 2 is 2.14 bits per heavy atom. The first-order chi connectivity index (χ1) is 10.1. The second kappa shape index (κ2) is 5.26. The average Bonchev–Trinajstić information content (AvgIpc) is 2.51. The summed E-state index contributed by atoms with van der Waals surface area (Å²) in [5.41, 5.74) is 0.576. The van der Waals surface area contributed by atoms with Gasteiger partial charge in [-0.1, -0.05) is 18.5 Å². The summed E-state index contributed by atoms with van der Waals surface area (Å²) in [6.07, 6.45) is 3.72. The molecular weight excluding hydrogens is 293 g/mol. The van der Waals surface area contributed by atoms with Crippen molar-refractivity contribution in [3.05, 3.63) is 63.7 Å². The molecule has 0 aliphatic rings. The first-order valence-electron chi connectivity index (χ1n) is 6.43. The van der Waals surface area contributed by atoms with Crippen LogP contribution in [-0.4, -0.2) is 14.5 Å². The summed E-state index contributed by atoms with van der Waals surface area (Å²) in [6, 6.07) is 6.14. The molecule has 2 aromatic heterocycles. The molecular formula is C15H11ClFN3O. The normalized spacial score (nSPS) is 11.0. The smallest absolute Gasteiger partial charge is 0.267 e. The molecule has 3 aromatic rings. The van der Waals surface area contributed by atoms with Crippen LogP contribution in [0.4, 0.5) is 4.39 Å². The predicted molar refractivity (Wildman–Crippen MR) is 79.5 cm³/mol. The second-order valence-electron chi connectivity index (χ2n) is 4.49. The van der Waals surface area contributed by atoms with Crippen LogP contribution in [0.1, 0.15) is 12.7 Å². The van der Waals surface area contributed by atoms with Gasteiger partial charge in [-0.2, -0.15) is 0 Å². The maximum Gasteiger partial charge on any atom is 0.267 e. The van der Waals surface area contributed by atoms with Gasteiger partial charge in [0.1, 0.15) is 11.6 Å². The van der Waals surface area contributed by atoms with E-state index in [0.29, 0.717) is 23.4 Å². The molecule has 0 bridgehead atoms. The topological polar surface area (TPSA) is 47.8 Å². The highest BCUT2D eigenvalue weighted by Crippen LogP contribution is 2.23. The van der Waals surface area contributed by atoms with Gasteiger partial charge in [0.15, 0.2) is 0 Å². The van der Waals surface area contributed by atoms with E-state index < -0.39 is 11.4 Å². The van der Waals surface area contributed by atoms with E-state index in [4.69, 9.17) is 11.6 Å². The molecule has 0 amide bonds. The Morgan fingerprint density at radius 3 is 2.81 bits per heavy atom. The van der Waals surface area contributed by atoms with Crippen LogP contribution in [0.3, 0.4) is 0 Å². The van der Waals surface area contributed by atoms with E-state index in [1.807, 2.05) is 6.92 Å². The van der Waals surface area contributed by atoms with Gasteiger partial charge in [0.2, 0.25) is 0 Å². The summed E-state index contributed by atoms with van der Waals surface area (Å²) < 4.78 is 15.0. The van der Waals surface area contributed by atoms with Crippen LogP contribution >= 0.6 is 11.6 Å². The van der Waals surface area contributed by atoms with Crippen LogP contribution in [0.25, 0.3) is 16.6 Å². The minimum Gasteiger partial charge on any atom is -0.268 e. The van der Waals surface area contributed by atoms with Crippen molar-refractivity contribution in [2.24, 2.45) is 0 Å². The monoisotopic (exact) mass is 303 g/mol. The number of hydrogen-bond donors (Lipinski definition) is 0. The Balaban J connectivity index is 2.47. The molecule has 0 atom stereocenters. The van der Waals surface area contributed by atoms with Gasteiger partial charge in [-0.15, -0.1) is 0 Å². The molecule has 0 saturated carbocycles. The summed E-state index contributed by atoms with van der Waals surface area (Å²) in [5.74, 6) is -0.0618. The Kier molecular flexibility index (Phi) is 3.43. The molecule has 0 aliphatic carbocycles. The maximum absolute atomic E-state index is 13.6. The zero-order valence-electron chi connectivity index (χ0n) is 11.2. The Labute approximate surface area is 124 Å². The van der Waals surface area contributed by atoms with Gasteiger partial charge in [-0.25, -0.2) is 9.37 Å². The number of aromatic nitrogens is 3. The Hall–Kier alpha value is -2.27. The molecule has 0 saturated heterocycles. The standard InChI is InChI=1S/C15H11ClFN3O/c1-2-12-19-11-6-5-10(17)14(16)13(11)15(21)20(12)9-4-3-7-18-8-9/h3-8H,2H2,1H3. The van der Waals surface area contributed by atoms with Crippen LogP contribution < -0.4 is 5.56 Å². The van der Waals surface area contributed by atoms with E-state index in [-0.39, 0.29) is 10.4 Å². The number of pyridine rings is 1. The SMILES string of the molecule is CCc1nc2ccc(F)c(Cl)c2c(=O)n1-c1cccnc1. The fourth-order valence-electron chi connectivity index (χ4n) is 2.24. The summed E-state index contributed by atoms with van der Waals surface area (Å²) >= 11 is 5.94. The molecule has 106 valence electrons. The number of benzene rings is 1. The first kappa shape index (κ1) is 13.7. The van der Waals surface area contributed by atoms with E-state index >= 15 is 0 Å². The minimum atomic E-state index is -0.634. The molecule has 3 rings (SSSR count). The van der Waals surface area contributed by atoms with Crippen molar-refractivity contribution in [3.63, 3.8) is 0 Å². The number of nitrogens with zero attached hydrogens (tertiary/aromatic N) is 3. The zero-order valence-corrected chi connectivity index (χ0v) is 11.9. The van der Waals surface area contributed by atoms with Gasteiger partial charge in [-0.05, 0) is 24.3 Å². The summed E-state index contributed by atoms with van der Waals surface area (Å²) in [5, 5.41) is -0.122. The molecule has 0 radical (unpaired) electrons. The van der Waals surface area contributed by atoms with Crippen molar-refractivity contribution in [1.29, 1.82) is 0 Å². The van der Waals surface area contributed by atoms with Crippen LogP contribution in [-0.2, 0) is 6.42 Å². The van der Waals surface area contributed by atoms with E-state index in [9.17, 15) is 9.18 Å². The molecule has 0 spiro atoms. The molecule has 0 fully saturated rings. The van der Waals surface area contributed by atoms with Gasteiger partial charge in [-0.3, -0.25) is 14.3 Å². The van der Waals surface area contributed by atoms with Gasteiger partial charge in [0, 0.05) is 12.6 Å². The summed E-state index contributed by atoms with van der Waals surface area (Å²) in [7, 11) is 0. The molecule has 21 heavy (non-hydrogen) atoms. The van der Waals surface area contributed by atoms with Gasteiger partial charge in [0.05, 0.1) is 27.8 Å². The number of fused-ring (bicyclic) bond motifs is 1. The third-order valence-corrected chi connectivity index (χ3v) is 3.59. The molecule has 2 heterocycles. The quantitative estimate of drug-likeness (QED) is 0.731. The molecule has 0 unspecified atom stereocenters. The fraction of sp³-hybridized carbons (Fsp3) is 0.133. The van der Waals surface area contributed by atoms with E-state index in [1.165, 1.54) is 16.7 Å². The van der Waals surface area contributed by atoms with Crippen LogP contribution in [0.15, 0.2) is 41.5 Å². The molecule has 4 nitrogen and oxygen atoms in total. The highest BCUT2D eigenvalue weighted by Gasteiger charge is 2.16. The Bertz CT molecular complexity index is 877. The van der Waals surface area contributed by atoms with Crippen molar-refractivity contribution in [2.75, 3.05) is 0 Å². The van der Waals surface area contributed by atoms with Gasteiger partial charge >= 0.3 is 0 Å². The lowest BCUT2D eigenvalue weighted by atomic mass is 10.2. The Morgan fingerprint density at radius 1 is 1.33 bits per heavy atom. The largest absolute Gasteiger partial charge is 0.268 e. The van der Waals surface area contributed by atoms with Crippen molar-refractivity contribution in [3.8, 4) is 5.69 Å². The van der Waals surface area contributed by atoms with E-state index in [2.05, 4.69) is 9.97 Å². The predicted octanol–water partition coefficient (Wildman–Crippen LogP) is 3.14. The highest BCUT2D eigenvalue weighted by atomic mass is 35.5. The molecule has 0 N–H and O–H groups in total. The molecule has 0 aliphatic heterocycles. The third kappa shape index (κ3) is 2.19. The molecule has 1 aromatic carbocycles. The third-order valence-electron chi connectivity index (χ3n) is 3.22. The number of aryl methyl sites for hydroxylation is 1. The number of rotatable bonds is 2. The lowest BCUT2D eigenvalue weighted by molar-refractivity contribution is 0.629. The fourth-order valence-corrected chi connectivity index (χ4v) is 2.49. The summed E-state index contributed by atoms with van der Waals surface area (Å²) in [6.45, 7) is 1.89. The minimum absolute atomic E-state index is 0.0812. The van der Waals surface area contributed by atoms with Gasteiger partial charge < -0.3 is 0 Å². The van der Waals surface area contributed by atoms with Crippen LogP contribution in [0.2, 0.25) is 5.02 Å². The number of hydrogen-bond acceptors (Lipinski definition) is 3. The highest BCUT2D eigenvalue weighted by molar-refractivity contribution is 6.35. The van der Waals surface area contributed by atoms with Crippen molar-refractivity contribution in [2.45, 2.75) is 13.3 Å². The van der Waals surface area contributed by atoms with Crippen molar-refractivity contribution >= 4 is 22.5 Å². The average molecular weight is 304 g/mol. The van der Waals surface area contributed by atoms with E-state index in [0.717, 1.165) is 0 Å². The number of halogens is 2. The van der Waals surface area contributed by atoms with Gasteiger partial charge in [0.25, 0.3) is 5.56 Å².